The van der Waals surface area contributed by atoms with Crippen LogP contribution < -0.4 is 5.32 Å². The molecule has 0 bridgehead atoms. The van der Waals surface area contributed by atoms with Crippen LogP contribution in [-0.2, 0) is 6.54 Å². The quantitative estimate of drug-likeness (QED) is 0.734. The Morgan fingerprint density at radius 3 is 2.50 bits per heavy atom. The molecule has 1 N–H and O–H groups in total. The lowest BCUT2D eigenvalue weighted by Crippen LogP contribution is -2.14. The molecule has 3 aromatic rings. The van der Waals surface area contributed by atoms with E-state index in [1.807, 2.05) is 0 Å². The van der Waals surface area contributed by atoms with Gasteiger partial charge in [-0.25, -0.2) is 4.39 Å². The maximum absolute atomic E-state index is 13.6. The van der Waals surface area contributed by atoms with E-state index in [2.05, 4.69) is 10.4 Å². The molecule has 0 saturated heterocycles. The van der Waals surface area contributed by atoms with Crippen molar-refractivity contribution < 1.29 is 9.18 Å². The molecule has 0 unspecified atom stereocenters. The predicted octanol–water partition coefficient (Wildman–Crippen LogP) is 4.63. The monoisotopic (exact) mass is 363 g/mol. The Labute approximate surface area is 147 Å². The third kappa shape index (κ3) is 3.58. The lowest BCUT2D eigenvalue weighted by Gasteiger charge is -2.07. The van der Waals surface area contributed by atoms with Crippen molar-refractivity contribution in [1.29, 1.82) is 0 Å². The number of benzene rings is 2. The van der Waals surface area contributed by atoms with Crippen molar-refractivity contribution in [1.82, 2.24) is 9.78 Å². The molecular weight excluding hydrogens is 352 g/mol. The Kier molecular flexibility index (Phi) is 4.83. The van der Waals surface area contributed by atoms with E-state index in [-0.39, 0.29) is 5.56 Å². The zero-order valence-electron chi connectivity index (χ0n) is 12.3. The lowest BCUT2D eigenvalue weighted by molar-refractivity contribution is 0.102. The highest BCUT2D eigenvalue weighted by Crippen LogP contribution is 2.25. The fraction of sp³-hybridized carbons (Fsp3) is 0.0588. The molecule has 0 spiro atoms. The minimum absolute atomic E-state index is 0.0406. The van der Waals surface area contributed by atoms with E-state index in [1.165, 1.54) is 18.2 Å². The molecule has 0 radical (unpaired) electrons. The molecule has 0 aliphatic rings. The minimum Gasteiger partial charge on any atom is -0.305 e. The Morgan fingerprint density at radius 1 is 1.08 bits per heavy atom. The molecule has 0 fully saturated rings. The van der Waals surface area contributed by atoms with Crippen LogP contribution in [0.2, 0.25) is 10.0 Å². The Morgan fingerprint density at radius 2 is 1.79 bits per heavy atom. The molecule has 1 heterocycles. The van der Waals surface area contributed by atoms with Crippen molar-refractivity contribution >= 4 is 34.9 Å². The number of carbonyl (C=O) groups is 1. The summed E-state index contributed by atoms with van der Waals surface area (Å²) in [4.78, 5) is 12.1. The molecule has 0 aliphatic heterocycles. The van der Waals surface area contributed by atoms with Gasteiger partial charge in [-0.3, -0.25) is 9.48 Å². The number of carbonyl (C=O) groups excluding carboxylic acids is 1. The molecule has 0 saturated carbocycles. The molecular formula is C17H12Cl2FN3O. The number of halogens is 3. The van der Waals surface area contributed by atoms with E-state index in [0.717, 1.165) is 5.56 Å². The highest BCUT2D eigenvalue weighted by Gasteiger charge is 2.13. The fourth-order valence-electron chi connectivity index (χ4n) is 2.19. The molecule has 2 aromatic carbocycles. The molecule has 24 heavy (non-hydrogen) atoms. The van der Waals surface area contributed by atoms with Crippen molar-refractivity contribution in [2.45, 2.75) is 6.54 Å². The molecule has 0 atom stereocenters. The van der Waals surface area contributed by atoms with Crippen LogP contribution in [0.3, 0.4) is 0 Å². The molecule has 3 rings (SSSR count). The van der Waals surface area contributed by atoms with E-state index in [4.69, 9.17) is 23.2 Å². The third-order valence-corrected chi connectivity index (χ3v) is 4.09. The van der Waals surface area contributed by atoms with Crippen LogP contribution in [0.25, 0.3) is 0 Å². The molecule has 1 aromatic heterocycles. The largest absolute Gasteiger partial charge is 0.305 e. The summed E-state index contributed by atoms with van der Waals surface area (Å²) >= 11 is 12.3. The van der Waals surface area contributed by atoms with Gasteiger partial charge in [-0.1, -0.05) is 41.4 Å². The number of rotatable bonds is 4. The number of nitrogens with zero attached hydrogens (tertiary/aromatic N) is 2. The third-order valence-electron chi connectivity index (χ3n) is 3.38. The first-order valence-electron chi connectivity index (χ1n) is 7.07. The number of aromatic nitrogens is 2. The maximum atomic E-state index is 13.6. The van der Waals surface area contributed by atoms with E-state index < -0.39 is 11.7 Å². The van der Waals surface area contributed by atoms with Gasteiger partial charge in [0.1, 0.15) is 5.82 Å². The highest BCUT2D eigenvalue weighted by molar-refractivity contribution is 6.35. The van der Waals surface area contributed by atoms with Crippen LogP contribution >= 0.6 is 23.2 Å². The predicted molar refractivity (Wildman–Crippen MR) is 92.1 cm³/mol. The van der Waals surface area contributed by atoms with Gasteiger partial charge in [0.15, 0.2) is 5.82 Å². The molecule has 4 nitrogen and oxygen atoms in total. The summed E-state index contributed by atoms with van der Waals surface area (Å²) in [5.74, 6) is -0.835. The second kappa shape index (κ2) is 7.03. The van der Waals surface area contributed by atoms with Crippen LogP contribution in [0.4, 0.5) is 10.2 Å². The zero-order chi connectivity index (χ0) is 17.1. The zero-order valence-corrected chi connectivity index (χ0v) is 13.9. The van der Waals surface area contributed by atoms with Crippen LogP contribution in [0.15, 0.2) is 54.7 Å². The number of hydrogen-bond donors (Lipinski definition) is 1. The van der Waals surface area contributed by atoms with Gasteiger partial charge in [-0.05, 0) is 24.3 Å². The Balaban J connectivity index is 1.74. The second-order valence-electron chi connectivity index (χ2n) is 5.03. The minimum atomic E-state index is -0.586. The van der Waals surface area contributed by atoms with Crippen molar-refractivity contribution in [3.63, 3.8) is 0 Å². The summed E-state index contributed by atoms with van der Waals surface area (Å²) < 4.78 is 15.2. The SMILES string of the molecule is O=C(Nc1ccn(Cc2c(Cl)cccc2Cl)n1)c1ccccc1F. The summed E-state index contributed by atoms with van der Waals surface area (Å²) in [6.45, 7) is 0.355. The van der Waals surface area contributed by atoms with Crippen molar-refractivity contribution in [3.8, 4) is 0 Å². The van der Waals surface area contributed by atoms with Gasteiger partial charge in [-0.15, -0.1) is 0 Å². The fourth-order valence-corrected chi connectivity index (χ4v) is 2.71. The molecule has 0 aliphatic carbocycles. The molecule has 7 heteroatoms. The lowest BCUT2D eigenvalue weighted by atomic mass is 10.2. The van der Waals surface area contributed by atoms with E-state index in [9.17, 15) is 9.18 Å². The standard InChI is InChI=1S/C17H12Cl2FN3O/c18-13-5-3-6-14(19)12(13)10-23-9-8-16(22-23)21-17(24)11-4-1-2-7-15(11)20/h1-9H,10H2,(H,21,22,24). The average Bonchev–Trinajstić information content (AvgIpc) is 2.98. The van der Waals surface area contributed by atoms with Crippen molar-refractivity contribution in [2.75, 3.05) is 5.32 Å². The topological polar surface area (TPSA) is 46.9 Å². The number of amides is 1. The number of nitrogens with one attached hydrogen (secondary N) is 1. The maximum Gasteiger partial charge on any atom is 0.259 e. The summed E-state index contributed by atoms with van der Waals surface area (Å²) in [5, 5.41) is 7.86. The van der Waals surface area contributed by atoms with E-state index in [0.29, 0.717) is 22.4 Å². The Bertz CT molecular complexity index is 875. The summed E-state index contributed by atoms with van der Waals surface area (Å²) in [6.07, 6.45) is 1.68. The molecule has 122 valence electrons. The van der Waals surface area contributed by atoms with Crippen LogP contribution in [-0.4, -0.2) is 15.7 Å². The second-order valence-corrected chi connectivity index (χ2v) is 5.85. The first-order chi connectivity index (χ1) is 11.5. The van der Waals surface area contributed by atoms with Gasteiger partial charge < -0.3 is 5.32 Å². The van der Waals surface area contributed by atoms with Crippen LogP contribution in [0, 0.1) is 5.82 Å². The van der Waals surface area contributed by atoms with Crippen molar-refractivity contribution in [2.24, 2.45) is 0 Å². The van der Waals surface area contributed by atoms with Gasteiger partial charge in [0, 0.05) is 27.9 Å². The number of anilines is 1. The average molecular weight is 364 g/mol. The van der Waals surface area contributed by atoms with Crippen molar-refractivity contribution in [3.05, 3.63) is 81.7 Å². The summed E-state index contributed by atoms with van der Waals surface area (Å²) in [5.41, 5.74) is 0.692. The molecule has 1 amide bonds. The highest BCUT2D eigenvalue weighted by atomic mass is 35.5. The Hall–Kier alpha value is -2.37. The van der Waals surface area contributed by atoms with Gasteiger partial charge >= 0.3 is 0 Å². The van der Waals surface area contributed by atoms with Crippen LogP contribution in [0.1, 0.15) is 15.9 Å². The van der Waals surface area contributed by atoms with Crippen LogP contribution in [0.5, 0.6) is 0 Å². The first-order valence-corrected chi connectivity index (χ1v) is 7.82. The van der Waals surface area contributed by atoms with E-state index in [1.54, 1.807) is 41.2 Å². The normalized spacial score (nSPS) is 10.6. The van der Waals surface area contributed by atoms with Gasteiger partial charge in [0.25, 0.3) is 5.91 Å². The smallest absolute Gasteiger partial charge is 0.259 e. The summed E-state index contributed by atoms with van der Waals surface area (Å²) in [6, 6.07) is 12.6. The summed E-state index contributed by atoms with van der Waals surface area (Å²) in [7, 11) is 0. The van der Waals surface area contributed by atoms with Gasteiger partial charge in [0.2, 0.25) is 0 Å². The van der Waals surface area contributed by atoms with Gasteiger partial charge in [-0.2, -0.15) is 5.10 Å². The number of hydrogen-bond acceptors (Lipinski definition) is 2. The van der Waals surface area contributed by atoms with Gasteiger partial charge in [0.05, 0.1) is 12.1 Å². The van der Waals surface area contributed by atoms with E-state index >= 15 is 0 Å². The first kappa shape index (κ1) is 16.5.